The number of carbonyl (C=O) groups excluding carboxylic acids is 1. The smallest absolute Gasteiger partial charge is 0.276 e. The van der Waals surface area contributed by atoms with E-state index in [1.165, 1.54) is 10.7 Å². The maximum atomic E-state index is 13.6. The highest BCUT2D eigenvalue weighted by Gasteiger charge is 2.16. The number of hydrogen-bond donors (Lipinski definition) is 1. The molecule has 0 aliphatic heterocycles. The van der Waals surface area contributed by atoms with Crippen LogP contribution >= 0.6 is 0 Å². The van der Waals surface area contributed by atoms with E-state index in [1.54, 1.807) is 37.4 Å². The molecular formula is C18H16FN3O2. The van der Waals surface area contributed by atoms with Crippen molar-refractivity contribution in [2.24, 2.45) is 7.05 Å². The highest BCUT2D eigenvalue weighted by Crippen LogP contribution is 2.11. The van der Waals surface area contributed by atoms with Crippen molar-refractivity contribution < 1.29 is 9.18 Å². The summed E-state index contributed by atoms with van der Waals surface area (Å²) in [5, 5.41) is 7.05. The van der Waals surface area contributed by atoms with E-state index in [-0.39, 0.29) is 12.2 Å². The Morgan fingerprint density at radius 2 is 2.00 bits per heavy atom. The van der Waals surface area contributed by atoms with Gasteiger partial charge in [-0.25, -0.2) is 4.39 Å². The fraction of sp³-hybridized carbons (Fsp3) is 0.167. The van der Waals surface area contributed by atoms with Gasteiger partial charge in [0.15, 0.2) is 5.69 Å². The van der Waals surface area contributed by atoms with E-state index in [4.69, 9.17) is 0 Å². The Bertz CT molecular complexity index is 995. The molecule has 0 bridgehead atoms. The summed E-state index contributed by atoms with van der Waals surface area (Å²) in [7, 11) is 1.67. The first-order valence-electron chi connectivity index (χ1n) is 7.46. The third-order valence-electron chi connectivity index (χ3n) is 3.82. The Morgan fingerprint density at radius 1 is 1.25 bits per heavy atom. The van der Waals surface area contributed by atoms with Gasteiger partial charge in [0.25, 0.3) is 5.91 Å². The highest BCUT2D eigenvalue weighted by atomic mass is 19.1. The van der Waals surface area contributed by atoms with Crippen LogP contribution in [0, 0.1) is 12.7 Å². The summed E-state index contributed by atoms with van der Waals surface area (Å²) in [6.07, 6.45) is 0. The van der Waals surface area contributed by atoms with E-state index < -0.39 is 17.2 Å². The molecule has 1 aromatic heterocycles. The normalized spacial score (nSPS) is 10.8. The van der Waals surface area contributed by atoms with E-state index in [0.29, 0.717) is 16.5 Å². The molecule has 1 heterocycles. The van der Waals surface area contributed by atoms with Gasteiger partial charge in [-0.2, -0.15) is 5.10 Å². The molecule has 0 atom stereocenters. The minimum Gasteiger partial charge on any atom is -0.346 e. The van der Waals surface area contributed by atoms with Gasteiger partial charge in [-0.15, -0.1) is 0 Å². The molecule has 122 valence electrons. The molecule has 3 rings (SSSR count). The summed E-state index contributed by atoms with van der Waals surface area (Å²) in [4.78, 5) is 24.9. The van der Waals surface area contributed by atoms with E-state index in [9.17, 15) is 14.0 Å². The molecule has 5 nitrogen and oxygen atoms in total. The molecule has 0 aliphatic rings. The second-order valence-corrected chi connectivity index (χ2v) is 5.60. The lowest BCUT2D eigenvalue weighted by Crippen LogP contribution is -2.31. The van der Waals surface area contributed by atoms with E-state index in [2.05, 4.69) is 10.4 Å². The number of carbonyl (C=O) groups is 1. The van der Waals surface area contributed by atoms with Crippen LogP contribution in [-0.2, 0) is 13.6 Å². The summed E-state index contributed by atoms with van der Waals surface area (Å²) >= 11 is 0. The van der Waals surface area contributed by atoms with Crippen LogP contribution in [0.5, 0.6) is 0 Å². The summed E-state index contributed by atoms with van der Waals surface area (Å²) in [5.41, 5.74) is 1.28. The first-order valence-corrected chi connectivity index (χ1v) is 7.46. The molecule has 0 unspecified atom stereocenters. The van der Waals surface area contributed by atoms with Gasteiger partial charge in [-0.3, -0.25) is 14.3 Å². The topological polar surface area (TPSA) is 64.0 Å². The highest BCUT2D eigenvalue weighted by molar-refractivity contribution is 5.95. The quantitative estimate of drug-likeness (QED) is 0.804. The number of nitrogens with one attached hydrogen (secondary N) is 1. The van der Waals surface area contributed by atoms with Gasteiger partial charge >= 0.3 is 0 Å². The van der Waals surface area contributed by atoms with Gasteiger partial charge in [0.2, 0.25) is 5.43 Å². The van der Waals surface area contributed by atoms with Crippen LogP contribution in [0.4, 0.5) is 4.39 Å². The second kappa shape index (κ2) is 6.23. The number of rotatable bonds is 3. The fourth-order valence-electron chi connectivity index (χ4n) is 2.54. The van der Waals surface area contributed by atoms with Crippen molar-refractivity contribution in [3.63, 3.8) is 0 Å². The van der Waals surface area contributed by atoms with Crippen molar-refractivity contribution >= 4 is 16.8 Å². The Balaban J connectivity index is 1.94. The molecule has 0 fully saturated rings. The molecule has 0 radical (unpaired) electrons. The number of benzene rings is 2. The van der Waals surface area contributed by atoms with E-state index in [0.717, 1.165) is 5.56 Å². The maximum absolute atomic E-state index is 13.6. The van der Waals surface area contributed by atoms with Gasteiger partial charge in [-0.1, -0.05) is 29.8 Å². The fourth-order valence-corrected chi connectivity index (χ4v) is 2.54. The lowest BCUT2D eigenvalue weighted by atomic mass is 10.1. The zero-order valence-electron chi connectivity index (χ0n) is 13.3. The van der Waals surface area contributed by atoms with Crippen molar-refractivity contribution in [3.8, 4) is 0 Å². The Morgan fingerprint density at radius 3 is 2.75 bits per heavy atom. The van der Waals surface area contributed by atoms with Crippen LogP contribution in [0.15, 0.2) is 47.3 Å². The van der Waals surface area contributed by atoms with Crippen molar-refractivity contribution in [3.05, 3.63) is 75.3 Å². The SMILES string of the molecule is Cc1ccc2c(c1)c(=O)c(C(=O)NCc1ccccc1F)nn2C. The first kappa shape index (κ1) is 15.9. The van der Waals surface area contributed by atoms with Crippen LogP contribution in [0.1, 0.15) is 21.6 Å². The minimum atomic E-state index is -0.623. The monoisotopic (exact) mass is 325 g/mol. The Kier molecular flexibility index (Phi) is 4.12. The predicted octanol–water partition coefficient (Wildman–Crippen LogP) is 2.31. The number of hydrogen-bond acceptors (Lipinski definition) is 3. The number of nitrogens with zero attached hydrogens (tertiary/aromatic N) is 2. The number of aromatic nitrogens is 2. The summed E-state index contributed by atoms with van der Waals surface area (Å²) in [6.45, 7) is 1.86. The molecule has 6 heteroatoms. The second-order valence-electron chi connectivity index (χ2n) is 5.60. The molecule has 3 aromatic rings. The van der Waals surface area contributed by atoms with E-state index >= 15 is 0 Å². The van der Waals surface area contributed by atoms with Crippen LogP contribution in [0.2, 0.25) is 0 Å². The molecule has 0 saturated heterocycles. The first-order chi connectivity index (χ1) is 11.5. The van der Waals surface area contributed by atoms with Crippen molar-refractivity contribution in [2.45, 2.75) is 13.5 Å². The minimum absolute atomic E-state index is 0.0117. The largest absolute Gasteiger partial charge is 0.346 e. The molecule has 1 N–H and O–H groups in total. The molecule has 2 aromatic carbocycles. The number of halogens is 1. The van der Waals surface area contributed by atoms with Gasteiger partial charge in [0.05, 0.1) is 10.9 Å². The lowest BCUT2D eigenvalue weighted by Gasteiger charge is -2.09. The number of amides is 1. The van der Waals surface area contributed by atoms with Crippen molar-refractivity contribution in [1.29, 1.82) is 0 Å². The average molecular weight is 325 g/mol. The Hall–Kier alpha value is -3.02. The predicted molar refractivity (Wildman–Crippen MR) is 89.3 cm³/mol. The molecular weight excluding hydrogens is 309 g/mol. The third-order valence-corrected chi connectivity index (χ3v) is 3.82. The zero-order chi connectivity index (χ0) is 17.3. The van der Waals surface area contributed by atoms with Gasteiger partial charge in [0, 0.05) is 19.2 Å². The van der Waals surface area contributed by atoms with Gasteiger partial charge in [-0.05, 0) is 25.1 Å². The molecule has 0 saturated carbocycles. The summed E-state index contributed by atoms with van der Waals surface area (Å²) < 4.78 is 15.1. The standard InChI is InChI=1S/C18H16FN3O2/c1-11-7-8-15-13(9-11)17(23)16(21-22(15)2)18(24)20-10-12-5-3-4-6-14(12)19/h3-9H,10H2,1-2H3,(H,20,24). The number of fused-ring (bicyclic) bond motifs is 1. The summed E-state index contributed by atoms with van der Waals surface area (Å²) in [6, 6.07) is 11.5. The maximum Gasteiger partial charge on any atom is 0.276 e. The molecule has 24 heavy (non-hydrogen) atoms. The number of aryl methyl sites for hydroxylation is 2. The zero-order valence-corrected chi connectivity index (χ0v) is 13.3. The van der Waals surface area contributed by atoms with Gasteiger partial charge < -0.3 is 5.32 Å². The molecule has 1 amide bonds. The molecule has 0 aliphatic carbocycles. The van der Waals surface area contributed by atoms with Crippen LogP contribution in [0.25, 0.3) is 10.9 Å². The Labute approximate surface area is 137 Å². The van der Waals surface area contributed by atoms with Gasteiger partial charge in [0.1, 0.15) is 5.82 Å². The van der Waals surface area contributed by atoms with Crippen LogP contribution in [0.3, 0.4) is 0 Å². The average Bonchev–Trinajstić information content (AvgIpc) is 2.57. The van der Waals surface area contributed by atoms with Crippen LogP contribution in [-0.4, -0.2) is 15.7 Å². The lowest BCUT2D eigenvalue weighted by molar-refractivity contribution is 0.0942. The summed E-state index contributed by atoms with van der Waals surface area (Å²) in [5.74, 6) is -1.03. The van der Waals surface area contributed by atoms with Crippen LogP contribution < -0.4 is 10.7 Å². The molecule has 0 spiro atoms. The van der Waals surface area contributed by atoms with E-state index in [1.807, 2.05) is 13.0 Å². The van der Waals surface area contributed by atoms with Crippen molar-refractivity contribution in [2.75, 3.05) is 0 Å². The third kappa shape index (κ3) is 2.90. The van der Waals surface area contributed by atoms with Crippen molar-refractivity contribution in [1.82, 2.24) is 15.1 Å².